The molecule has 14 heteroatoms. The smallest absolute Gasteiger partial charge is 0.274 e. The molecule has 29 heavy (non-hydrogen) atoms. The van der Waals surface area contributed by atoms with Gasteiger partial charge in [0.25, 0.3) is 0 Å². The highest BCUT2D eigenvalue weighted by Gasteiger charge is 2.40. The van der Waals surface area contributed by atoms with Gasteiger partial charge in [-0.2, -0.15) is 26.2 Å². The second-order valence-corrected chi connectivity index (χ2v) is 9.07. The molecular formula is C15H15F3N6O3S2. The number of halogens is 3. The lowest BCUT2D eigenvalue weighted by atomic mass is 10.1. The van der Waals surface area contributed by atoms with E-state index in [4.69, 9.17) is 0 Å². The van der Waals surface area contributed by atoms with E-state index in [2.05, 4.69) is 13.8 Å². The minimum Gasteiger partial charge on any atom is -0.274 e. The summed E-state index contributed by atoms with van der Waals surface area (Å²) in [5.41, 5.74) is -0.113. The minimum absolute atomic E-state index is 0.0385. The number of hydrogen-bond donors (Lipinski definition) is 0. The van der Waals surface area contributed by atoms with Gasteiger partial charge in [-0.25, -0.2) is 17.9 Å². The zero-order valence-electron chi connectivity index (χ0n) is 15.0. The quantitative estimate of drug-likeness (QED) is 0.604. The number of hydrogen-bond acceptors (Lipinski definition) is 7. The first-order valence-electron chi connectivity index (χ1n) is 8.55. The summed E-state index contributed by atoms with van der Waals surface area (Å²) in [7, 11) is -2.85. The van der Waals surface area contributed by atoms with Gasteiger partial charge >= 0.3 is 11.9 Å². The van der Waals surface area contributed by atoms with Crippen LogP contribution in [0.15, 0.2) is 27.9 Å². The molecule has 1 aliphatic rings. The zero-order valence-corrected chi connectivity index (χ0v) is 16.6. The molecule has 3 aromatic rings. The number of aromatic nitrogens is 5. The Morgan fingerprint density at radius 2 is 1.86 bits per heavy atom. The average molecular weight is 448 g/mol. The lowest BCUT2D eigenvalue weighted by molar-refractivity contribution is -0.147. The topological polar surface area (TPSA) is 103 Å². The Kier molecular flexibility index (Phi) is 4.74. The number of benzene rings is 1. The highest BCUT2D eigenvalue weighted by molar-refractivity contribution is 7.89. The SMILES string of the molecule is Cn1c(C(F)(F)F)nn(C2CCN(S(=O)(=O)c3cccc4nsnc34)CC2)c1=O. The molecule has 0 atom stereocenters. The molecule has 0 N–H and O–H groups in total. The fourth-order valence-corrected chi connectivity index (χ4v) is 5.62. The molecule has 0 spiro atoms. The molecule has 156 valence electrons. The molecule has 2 aromatic heterocycles. The van der Waals surface area contributed by atoms with Gasteiger partial charge in [-0.05, 0) is 25.0 Å². The van der Waals surface area contributed by atoms with Crippen LogP contribution in [0.25, 0.3) is 11.0 Å². The molecule has 1 aliphatic heterocycles. The number of alkyl halides is 3. The van der Waals surface area contributed by atoms with Crippen molar-refractivity contribution in [1.29, 1.82) is 0 Å². The Balaban J connectivity index is 1.57. The van der Waals surface area contributed by atoms with Crippen LogP contribution in [0.2, 0.25) is 0 Å². The molecule has 0 radical (unpaired) electrons. The summed E-state index contributed by atoms with van der Waals surface area (Å²) in [6.07, 6.45) is -4.42. The Morgan fingerprint density at radius 3 is 2.48 bits per heavy atom. The van der Waals surface area contributed by atoms with Gasteiger partial charge in [-0.1, -0.05) is 6.07 Å². The van der Waals surface area contributed by atoms with Crippen molar-refractivity contribution >= 4 is 32.8 Å². The fraction of sp³-hybridized carbons (Fsp3) is 0.467. The predicted molar refractivity (Wildman–Crippen MR) is 96.9 cm³/mol. The minimum atomic E-state index is -4.75. The van der Waals surface area contributed by atoms with Gasteiger partial charge in [0.1, 0.15) is 15.9 Å². The molecule has 0 bridgehead atoms. The molecule has 4 rings (SSSR count). The molecule has 1 saturated heterocycles. The average Bonchev–Trinajstić information content (AvgIpc) is 3.26. The van der Waals surface area contributed by atoms with Crippen LogP contribution in [0, 0.1) is 0 Å². The molecule has 0 aliphatic carbocycles. The molecule has 9 nitrogen and oxygen atoms in total. The number of rotatable bonds is 3. The summed E-state index contributed by atoms with van der Waals surface area (Å²) in [5.74, 6) is -1.28. The fourth-order valence-electron chi connectivity index (χ4n) is 3.40. The first-order chi connectivity index (χ1) is 13.6. The van der Waals surface area contributed by atoms with Crippen molar-refractivity contribution in [3.05, 3.63) is 34.5 Å². The first-order valence-corrected chi connectivity index (χ1v) is 10.7. The Bertz CT molecular complexity index is 1220. The maximum Gasteiger partial charge on any atom is 0.451 e. The number of fused-ring (bicyclic) bond motifs is 1. The summed E-state index contributed by atoms with van der Waals surface area (Å²) >= 11 is 0.911. The third kappa shape index (κ3) is 3.34. The van der Waals surface area contributed by atoms with Crippen LogP contribution in [0.5, 0.6) is 0 Å². The van der Waals surface area contributed by atoms with Gasteiger partial charge < -0.3 is 0 Å². The summed E-state index contributed by atoms with van der Waals surface area (Å²) in [6.45, 7) is 0.0939. The monoisotopic (exact) mass is 448 g/mol. The van der Waals surface area contributed by atoms with Crippen molar-refractivity contribution in [2.75, 3.05) is 13.1 Å². The third-order valence-electron chi connectivity index (χ3n) is 4.89. The van der Waals surface area contributed by atoms with Gasteiger partial charge in [-0.15, -0.1) is 5.10 Å². The van der Waals surface area contributed by atoms with Crippen LogP contribution >= 0.6 is 11.7 Å². The van der Waals surface area contributed by atoms with E-state index in [1.165, 1.54) is 10.4 Å². The molecule has 1 fully saturated rings. The van der Waals surface area contributed by atoms with Crippen LogP contribution in [0.3, 0.4) is 0 Å². The van der Waals surface area contributed by atoms with Crippen molar-refractivity contribution in [2.24, 2.45) is 7.05 Å². The number of nitrogens with zero attached hydrogens (tertiary/aromatic N) is 6. The standard InChI is InChI=1S/C15H15F3N6O3S2/c1-22-13(15(16,17)18)19-24(14(22)25)9-5-7-23(8-6-9)29(26,27)11-4-2-3-10-12(11)21-28-20-10/h2-4,9H,5-8H2,1H3. The van der Waals surface area contributed by atoms with Crippen LogP contribution in [0.1, 0.15) is 24.7 Å². The Morgan fingerprint density at radius 1 is 1.17 bits per heavy atom. The predicted octanol–water partition coefficient (Wildman–Crippen LogP) is 1.63. The summed E-state index contributed by atoms with van der Waals surface area (Å²) < 4.78 is 75.6. The van der Waals surface area contributed by atoms with Gasteiger partial charge in [0.2, 0.25) is 15.8 Å². The van der Waals surface area contributed by atoms with Crippen LogP contribution in [0.4, 0.5) is 13.2 Å². The second kappa shape index (κ2) is 6.88. The highest BCUT2D eigenvalue weighted by Crippen LogP contribution is 2.30. The Hall–Kier alpha value is -2.32. The van der Waals surface area contributed by atoms with E-state index in [1.54, 1.807) is 12.1 Å². The van der Waals surface area contributed by atoms with Crippen molar-refractivity contribution in [3.63, 3.8) is 0 Å². The van der Waals surface area contributed by atoms with Crippen molar-refractivity contribution in [3.8, 4) is 0 Å². The normalized spacial score (nSPS) is 17.2. The largest absolute Gasteiger partial charge is 0.451 e. The number of sulfonamides is 1. The van der Waals surface area contributed by atoms with Crippen LogP contribution in [-0.4, -0.2) is 48.9 Å². The second-order valence-electron chi connectivity index (χ2n) is 6.63. The summed E-state index contributed by atoms with van der Waals surface area (Å²) in [4.78, 5) is 12.2. The maximum atomic E-state index is 13.0. The van der Waals surface area contributed by atoms with Crippen molar-refractivity contribution in [1.82, 2.24) is 27.4 Å². The van der Waals surface area contributed by atoms with Crippen molar-refractivity contribution < 1.29 is 21.6 Å². The molecule has 0 saturated carbocycles. The Labute approximate surface area is 166 Å². The van der Waals surface area contributed by atoms with E-state index in [9.17, 15) is 26.4 Å². The molecule has 0 amide bonds. The van der Waals surface area contributed by atoms with Crippen LogP contribution in [-0.2, 0) is 23.2 Å². The zero-order chi connectivity index (χ0) is 21.0. The van der Waals surface area contributed by atoms with E-state index in [0.29, 0.717) is 10.1 Å². The lowest BCUT2D eigenvalue weighted by Crippen LogP contribution is -2.41. The van der Waals surface area contributed by atoms with E-state index in [1.807, 2.05) is 0 Å². The van der Waals surface area contributed by atoms with Gasteiger partial charge in [-0.3, -0.25) is 4.57 Å². The van der Waals surface area contributed by atoms with Gasteiger partial charge in [0.05, 0.1) is 17.8 Å². The highest BCUT2D eigenvalue weighted by atomic mass is 32.2. The lowest BCUT2D eigenvalue weighted by Gasteiger charge is -2.30. The number of piperidine rings is 1. The molecule has 1 aromatic carbocycles. The van der Waals surface area contributed by atoms with E-state index < -0.39 is 33.8 Å². The van der Waals surface area contributed by atoms with Crippen LogP contribution < -0.4 is 5.69 Å². The molecule has 0 unspecified atom stereocenters. The van der Waals surface area contributed by atoms with E-state index in [-0.39, 0.29) is 36.3 Å². The molecular weight excluding hydrogens is 433 g/mol. The first kappa shape index (κ1) is 20.0. The van der Waals surface area contributed by atoms with Crippen molar-refractivity contribution in [2.45, 2.75) is 30.0 Å². The maximum absolute atomic E-state index is 13.0. The third-order valence-corrected chi connectivity index (χ3v) is 7.37. The van der Waals surface area contributed by atoms with E-state index in [0.717, 1.165) is 23.5 Å². The van der Waals surface area contributed by atoms with Gasteiger partial charge in [0, 0.05) is 20.1 Å². The van der Waals surface area contributed by atoms with Gasteiger partial charge in [0.15, 0.2) is 0 Å². The summed E-state index contributed by atoms with van der Waals surface area (Å²) in [5, 5.41) is 3.44. The molecule has 3 heterocycles. The van der Waals surface area contributed by atoms with E-state index >= 15 is 0 Å². The summed E-state index contributed by atoms with van der Waals surface area (Å²) in [6, 6.07) is 4.07.